The number of hydrogen-bond acceptors (Lipinski definition) is 3. The summed E-state index contributed by atoms with van der Waals surface area (Å²) in [4.78, 5) is 4.48. The van der Waals surface area contributed by atoms with E-state index in [1.54, 1.807) is 7.05 Å². The van der Waals surface area contributed by atoms with Gasteiger partial charge in [0, 0.05) is 12.7 Å². The molecule has 0 bridgehead atoms. The molecular formula is C13H19N3. The molecule has 3 N–H and O–H groups in total. The zero-order valence-corrected chi connectivity index (χ0v) is 10.1. The Hall–Kier alpha value is -1.77. The van der Waals surface area contributed by atoms with Gasteiger partial charge in [0.15, 0.2) is 0 Å². The summed E-state index contributed by atoms with van der Waals surface area (Å²) in [5, 5.41) is 2.91. The van der Waals surface area contributed by atoms with E-state index in [9.17, 15) is 0 Å². The summed E-state index contributed by atoms with van der Waals surface area (Å²) in [6.07, 6.45) is 4.98. The van der Waals surface area contributed by atoms with Crippen LogP contribution >= 0.6 is 0 Å². The van der Waals surface area contributed by atoms with Crippen molar-refractivity contribution in [3.05, 3.63) is 47.6 Å². The highest BCUT2D eigenvalue weighted by Gasteiger charge is 2.00. The third-order valence-electron chi connectivity index (χ3n) is 2.21. The molecule has 0 unspecified atom stereocenters. The predicted octanol–water partition coefficient (Wildman–Crippen LogP) is 2.20. The summed E-state index contributed by atoms with van der Waals surface area (Å²) < 4.78 is 0. The molecule has 0 saturated carbocycles. The van der Waals surface area contributed by atoms with Crippen molar-refractivity contribution in [3.8, 4) is 0 Å². The van der Waals surface area contributed by atoms with E-state index in [1.807, 2.05) is 31.2 Å². The van der Waals surface area contributed by atoms with Crippen molar-refractivity contribution in [2.75, 3.05) is 7.05 Å². The number of rotatable bonds is 4. The van der Waals surface area contributed by atoms with E-state index in [0.29, 0.717) is 5.82 Å². The van der Waals surface area contributed by atoms with Gasteiger partial charge >= 0.3 is 0 Å². The molecule has 0 atom stereocenters. The highest BCUT2D eigenvalue weighted by atomic mass is 14.9. The summed E-state index contributed by atoms with van der Waals surface area (Å²) in [5.74, 6) is 0.642. The minimum Gasteiger partial charge on any atom is -0.386 e. The third-order valence-corrected chi connectivity index (χ3v) is 2.21. The molecule has 1 heterocycles. The Labute approximate surface area is 97.1 Å². The topological polar surface area (TPSA) is 50.9 Å². The third kappa shape index (κ3) is 3.42. The fourth-order valence-electron chi connectivity index (χ4n) is 1.40. The molecule has 1 aromatic rings. The number of pyridine rings is 1. The number of nitrogens with zero attached hydrogens (tertiary/aromatic N) is 1. The molecule has 1 rings (SSSR count). The standard InChI is InChI=1S/C13H19N3/c1-4-6-11(9-13(14)15-3)12-8-5-7-10(2)16-12/h5-9,15H,4,14H2,1-3H3/b11-6+,13-9-. The van der Waals surface area contributed by atoms with Gasteiger partial charge in [0.25, 0.3) is 0 Å². The lowest BCUT2D eigenvalue weighted by atomic mass is 10.1. The molecule has 3 heteroatoms. The van der Waals surface area contributed by atoms with Crippen LogP contribution in [0, 0.1) is 6.92 Å². The number of aromatic nitrogens is 1. The Kier molecular flexibility index (Phi) is 4.58. The van der Waals surface area contributed by atoms with Crippen LogP contribution in [0.3, 0.4) is 0 Å². The van der Waals surface area contributed by atoms with Gasteiger partial charge in [0.05, 0.1) is 11.5 Å². The molecule has 0 spiro atoms. The van der Waals surface area contributed by atoms with Gasteiger partial charge in [0.1, 0.15) is 0 Å². The molecule has 0 aromatic carbocycles. The molecule has 3 nitrogen and oxygen atoms in total. The van der Waals surface area contributed by atoms with Gasteiger partial charge < -0.3 is 11.1 Å². The van der Waals surface area contributed by atoms with E-state index >= 15 is 0 Å². The smallest absolute Gasteiger partial charge is 0.0964 e. The maximum atomic E-state index is 5.76. The molecule has 16 heavy (non-hydrogen) atoms. The van der Waals surface area contributed by atoms with E-state index < -0.39 is 0 Å². The molecule has 86 valence electrons. The van der Waals surface area contributed by atoms with E-state index in [2.05, 4.69) is 23.3 Å². The second kappa shape index (κ2) is 5.95. The fraction of sp³-hybridized carbons (Fsp3) is 0.308. The zero-order chi connectivity index (χ0) is 12.0. The van der Waals surface area contributed by atoms with E-state index in [0.717, 1.165) is 23.4 Å². The van der Waals surface area contributed by atoms with Crippen molar-refractivity contribution < 1.29 is 0 Å². The second-order valence-electron chi connectivity index (χ2n) is 3.58. The van der Waals surface area contributed by atoms with Gasteiger partial charge in [-0.1, -0.05) is 19.1 Å². The van der Waals surface area contributed by atoms with Crippen LogP contribution in [0.25, 0.3) is 5.57 Å². The van der Waals surface area contributed by atoms with Gasteiger partial charge in [-0.05, 0) is 37.1 Å². The molecule has 0 aliphatic carbocycles. The van der Waals surface area contributed by atoms with E-state index in [1.165, 1.54) is 0 Å². The van der Waals surface area contributed by atoms with Crippen LogP contribution in [0.2, 0.25) is 0 Å². The first-order valence-corrected chi connectivity index (χ1v) is 5.46. The van der Waals surface area contributed by atoms with Gasteiger partial charge in [-0.25, -0.2) is 0 Å². The Morgan fingerprint density at radius 1 is 1.50 bits per heavy atom. The first-order valence-electron chi connectivity index (χ1n) is 5.46. The SMILES string of the molecule is CC/C=C(\C=C(\N)NC)c1cccc(C)n1. The molecule has 0 aliphatic heterocycles. The van der Waals surface area contributed by atoms with Crippen LogP contribution in [0.1, 0.15) is 24.7 Å². The van der Waals surface area contributed by atoms with Crippen LogP contribution in [-0.2, 0) is 0 Å². The highest BCUT2D eigenvalue weighted by molar-refractivity contribution is 5.72. The maximum Gasteiger partial charge on any atom is 0.0964 e. The van der Waals surface area contributed by atoms with Crippen LogP contribution in [0.15, 0.2) is 36.2 Å². The first-order chi connectivity index (χ1) is 7.67. The lowest BCUT2D eigenvalue weighted by Gasteiger charge is -2.05. The lowest BCUT2D eigenvalue weighted by molar-refractivity contribution is 0.965. The molecule has 0 radical (unpaired) electrons. The molecular weight excluding hydrogens is 198 g/mol. The molecule has 0 amide bonds. The molecule has 1 aromatic heterocycles. The Balaban J connectivity index is 3.09. The number of aryl methyl sites for hydroxylation is 1. The van der Waals surface area contributed by atoms with Crippen molar-refractivity contribution in [1.82, 2.24) is 10.3 Å². The normalized spacial score (nSPS) is 12.7. The summed E-state index contributed by atoms with van der Waals surface area (Å²) in [5.41, 5.74) is 8.78. The number of hydrogen-bond donors (Lipinski definition) is 2. The van der Waals surface area contributed by atoms with E-state index in [4.69, 9.17) is 5.73 Å². The Bertz CT molecular complexity index is 405. The van der Waals surface area contributed by atoms with Crippen LogP contribution in [-0.4, -0.2) is 12.0 Å². The van der Waals surface area contributed by atoms with Crippen LogP contribution < -0.4 is 11.1 Å². The van der Waals surface area contributed by atoms with Crippen molar-refractivity contribution >= 4 is 5.57 Å². The van der Waals surface area contributed by atoms with E-state index in [-0.39, 0.29) is 0 Å². The van der Waals surface area contributed by atoms with Gasteiger partial charge in [-0.2, -0.15) is 0 Å². The van der Waals surface area contributed by atoms with Crippen LogP contribution in [0.5, 0.6) is 0 Å². The van der Waals surface area contributed by atoms with Crippen molar-refractivity contribution in [1.29, 1.82) is 0 Å². The van der Waals surface area contributed by atoms with Gasteiger partial charge in [0.2, 0.25) is 0 Å². The minimum atomic E-state index is 0.642. The second-order valence-corrected chi connectivity index (χ2v) is 3.58. The maximum absolute atomic E-state index is 5.76. The highest BCUT2D eigenvalue weighted by Crippen LogP contribution is 2.15. The first kappa shape index (κ1) is 12.3. The zero-order valence-electron chi connectivity index (χ0n) is 10.1. The Morgan fingerprint density at radius 2 is 2.25 bits per heavy atom. The quantitative estimate of drug-likeness (QED) is 0.760. The number of allylic oxidation sites excluding steroid dienone is 3. The number of nitrogens with two attached hydrogens (primary N) is 1. The van der Waals surface area contributed by atoms with Crippen molar-refractivity contribution in [2.45, 2.75) is 20.3 Å². The monoisotopic (exact) mass is 217 g/mol. The fourth-order valence-corrected chi connectivity index (χ4v) is 1.40. The summed E-state index contributed by atoms with van der Waals surface area (Å²) in [6.45, 7) is 4.08. The number of nitrogens with one attached hydrogen (secondary N) is 1. The van der Waals surface area contributed by atoms with Crippen LogP contribution in [0.4, 0.5) is 0 Å². The summed E-state index contributed by atoms with van der Waals surface area (Å²) in [7, 11) is 1.80. The molecule has 0 fully saturated rings. The Morgan fingerprint density at radius 3 is 2.81 bits per heavy atom. The average molecular weight is 217 g/mol. The average Bonchev–Trinajstić information content (AvgIpc) is 2.28. The summed E-state index contributed by atoms with van der Waals surface area (Å²) >= 11 is 0. The summed E-state index contributed by atoms with van der Waals surface area (Å²) in [6, 6.07) is 5.98. The van der Waals surface area contributed by atoms with Crippen molar-refractivity contribution in [3.63, 3.8) is 0 Å². The van der Waals surface area contributed by atoms with Gasteiger partial charge in [-0.3, -0.25) is 4.98 Å². The molecule has 0 saturated heterocycles. The molecule has 0 aliphatic rings. The largest absolute Gasteiger partial charge is 0.386 e. The predicted molar refractivity (Wildman–Crippen MR) is 68.6 cm³/mol. The van der Waals surface area contributed by atoms with Gasteiger partial charge in [-0.15, -0.1) is 0 Å². The minimum absolute atomic E-state index is 0.642. The lowest BCUT2D eigenvalue weighted by Crippen LogP contribution is -2.14. The van der Waals surface area contributed by atoms with Crippen molar-refractivity contribution in [2.24, 2.45) is 5.73 Å².